The van der Waals surface area contributed by atoms with Gasteiger partial charge in [0.2, 0.25) is 5.91 Å². The van der Waals surface area contributed by atoms with Gasteiger partial charge < -0.3 is 16.2 Å². The number of rotatable bonds is 6. The van der Waals surface area contributed by atoms with Crippen molar-refractivity contribution in [3.05, 3.63) is 34.3 Å². The number of halogens is 1. The van der Waals surface area contributed by atoms with Gasteiger partial charge in [0.1, 0.15) is 6.04 Å². The van der Waals surface area contributed by atoms with E-state index in [0.717, 1.165) is 5.56 Å². The number of carboxylic acid groups (broad SMARTS) is 1. The first kappa shape index (κ1) is 16.0. The Balaban J connectivity index is 2.77. The number of benzene rings is 1. The second kappa shape index (κ2) is 6.91. The van der Waals surface area contributed by atoms with Gasteiger partial charge in [-0.3, -0.25) is 9.59 Å². The molecular formula is C13H15ClN2O4. The molecule has 6 nitrogen and oxygen atoms in total. The molecule has 1 aromatic rings. The van der Waals surface area contributed by atoms with Crippen LogP contribution in [0.5, 0.6) is 0 Å². The van der Waals surface area contributed by atoms with E-state index in [1.165, 1.54) is 6.07 Å². The van der Waals surface area contributed by atoms with Crippen LogP contribution in [0.25, 0.3) is 0 Å². The van der Waals surface area contributed by atoms with E-state index in [9.17, 15) is 14.4 Å². The molecule has 0 heterocycles. The normalized spacial score (nSPS) is 11.7. The van der Waals surface area contributed by atoms with Crippen LogP contribution in [0.4, 0.5) is 0 Å². The van der Waals surface area contributed by atoms with Crippen molar-refractivity contribution in [2.45, 2.75) is 25.8 Å². The summed E-state index contributed by atoms with van der Waals surface area (Å²) in [6.45, 7) is 1.79. The lowest BCUT2D eigenvalue weighted by molar-refractivity contribution is -0.139. The first-order chi connectivity index (χ1) is 9.31. The summed E-state index contributed by atoms with van der Waals surface area (Å²) in [6.07, 6.45) is -0.179. The number of aryl methyl sites for hydroxylation is 1. The number of nitrogens with one attached hydrogen (secondary N) is 1. The number of primary amides is 1. The molecule has 0 fully saturated rings. The summed E-state index contributed by atoms with van der Waals surface area (Å²) in [6, 6.07) is 3.49. The van der Waals surface area contributed by atoms with Gasteiger partial charge in [-0.15, -0.1) is 0 Å². The Kier molecular flexibility index (Phi) is 5.52. The standard InChI is InChI=1S/C13H15ClN2O4/c1-7-2-3-8(6-9(7)14)12(18)16-10(13(19)20)4-5-11(15)17/h2-3,6,10H,4-5H2,1H3,(H2,15,17)(H,16,18)(H,19,20)/t10-/m0/s1. The number of nitrogens with two attached hydrogens (primary N) is 1. The van der Waals surface area contributed by atoms with Crippen molar-refractivity contribution in [1.82, 2.24) is 5.32 Å². The molecule has 0 saturated carbocycles. The summed E-state index contributed by atoms with van der Waals surface area (Å²) in [5.74, 6) is -2.41. The van der Waals surface area contributed by atoms with Crippen molar-refractivity contribution >= 4 is 29.4 Å². The van der Waals surface area contributed by atoms with E-state index in [1.807, 2.05) is 0 Å². The number of amides is 2. The van der Waals surface area contributed by atoms with Crippen LogP contribution in [0.2, 0.25) is 5.02 Å². The summed E-state index contributed by atoms with van der Waals surface area (Å²) < 4.78 is 0. The minimum atomic E-state index is -1.22. The third-order valence-electron chi connectivity index (χ3n) is 2.72. The Morgan fingerprint density at radius 1 is 1.40 bits per heavy atom. The molecule has 0 aromatic heterocycles. The highest BCUT2D eigenvalue weighted by molar-refractivity contribution is 6.31. The molecule has 108 valence electrons. The van der Waals surface area contributed by atoms with E-state index in [0.29, 0.717) is 5.02 Å². The Morgan fingerprint density at radius 2 is 2.05 bits per heavy atom. The Labute approximate surface area is 120 Å². The fraction of sp³-hybridized carbons (Fsp3) is 0.308. The quantitative estimate of drug-likeness (QED) is 0.730. The fourth-order valence-electron chi connectivity index (χ4n) is 1.52. The van der Waals surface area contributed by atoms with Crippen LogP contribution >= 0.6 is 11.6 Å². The monoisotopic (exact) mass is 298 g/mol. The van der Waals surface area contributed by atoms with Gasteiger partial charge in [-0.1, -0.05) is 17.7 Å². The van der Waals surface area contributed by atoms with E-state index < -0.39 is 23.8 Å². The van der Waals surface area contributed by atoms with Gasteiger partial charge in [0, 0.05) is 17.0 Å². The van der Waals surface area contributed by atoms with Crippen molar-refractivity contribution in [3.63, 3.8) is 0 Å². The molecule has 0 aliphatic heterocycles. The molecule has 0 radical (unpaired) electrons. The molecule has 0 spiro atoms. The highest BCUT2D eigenvalue weighted by Gasteiger charge is 2.21. The van der Waals surface area contributed by atoms with E-state index in [-0.39, 0.29) is 18.4 Å². The molecule has 20 heavy (non-hydrogen) atoms. The number of carboxylic acids is 1. The molecule has 0 aliphatic rings. The predicted molar refractivity (Wildman–Crippen MR) is 73.5 cm³/mol. The second-order valence-electron chi connectivity index (χ2n) is 4.33. The van der Waals surface area contributed by atoms with Crippen molar-refractivity contribution in [2.75, 3.05) is 0 Å². The largest absolute Gasteiger partial charge is 0.480 e. The molecule has 4 N–H and O–H groups in total. The van der Waals surface area contributed by atoms with E-state index in [4.69, 9.17) is 22.4 Å². The molecule has 0 unspecified atom stereocenters. The van der Waals surface area contributed by atoms with E-state index in [1.54, 1.807) is 19.1 Å². The number of carbonyl (C=O) groups excluding carboxylic acids is 2. The molecule has 1 atom stereocenters. The van der Waals surface area contributed by atoms with Crippen LogP contribution in [0.1, 0.15) is 28.8 Å². The zero-order valence-corrected chi connectivity index (χ0v) is 11.6. The van der Waals surface area contributed by atoms with Gasteiger partial charge in [-0.2, -0.15) is 0 Å². The second-order valence-corrected chi connectivity index (χ2v) is 4.74. The Hall–Kier alpha value is -2.08. The topological polar surface area (TPSA) is 109 Å². The van der Waals surface area contributed by atoms with Gasteiger partial charge in [0.15, 0.2) is 0 Å². The molecule has 1 rings (SSSR count). The van der Waals surface area contributed by atoms with Crippen molar-refractivity contribution in [1.29, 1.82) is 0 Å². The molecule has 0 bridgehead atoms. The van der Waals surface area contributed by atoms with Gasteiger partial charge in [-0.05, 0) is 31.0 Å². The van der Waals surface area contributed by atoms with E-state index in [2.05, 4.69) is 5.32 Å². The maximum absolute atomic E-state index is 11.9. The average Bonchev–Trinajstić information content (AvgIpc) is 2.36. The molecule has 0 aliphatic carbocycles. The van der Waals surface area contributed by atoms with Gasteiger partial charge in [0.25, 0.3) is 5.91 Å². The lowest BCUT2D eigenvalue weighted by Crippen LogP contribution is -2.41. The smallest absolute Gasteiger partial charge is 0.326 e. The minimum absolute atomic E-state index is 0.0595. The first-order valence-corrected chi connectivity index (χ1v) is 6.27. The van der Waals surface area contributed by atoms with Crippen molar-refractivity contribution < 1.29 is 19.5 Å². The van der Waals surface area contributed by atoms with Gasteiger partial charge in [-0.25, -0.2) is 4.79 Å². The molecule has 2 amide bonds. The molecular weight excluding hydrogens is 284 g/mol. The average molecular weight is 299 g/mol. The lowest BCUT2D eigenvalue weighted by atomic mass is 10.1. The van der Waals surface area contributed by atoms with Crippen LogP contribution in [-0.2, 0) is 9.59 Å². The van der Waals surface area contributed by atoms with Crippen molar-refractivity contribution in [2.24, 2.45) is 5.73 Å². The molecule has 1 aromatic carbocycles. The van der Waals surface area contributed by atoms with Gasteiger partial charge >= 0.3 is 5.97 Å². The highest BCUT2D eigenvalue weighted by atomic mass is 35.5. The summed E-state index contributed by atoms with van der Waals surface area (Å²) >= 11 is 5.90. The number of hydrogen-bond acceptors (Lipinski definition) is 3. The van der Waals surface area contributed by atoms with Crippen molar-refractivity contribution in [3.8, 4) is 0 Å². The maximum Gasteiger partial charge on any atom is 0.326 e. The Morgan fingerprint density at radius 3 is 2.55 bits per heavy atom. The summed E-state index contributed by atoms with van der Waals surface area (Å²) in [4.78, 5) is 33.6. The Bertz CT molecular complexity index is 545. The van der Waals surface area contributed by atoms with Crippen LogP contribution in [0.3, 0.4) is 0 Å². The zero-order valence-electron chi connectivity index (χ0n) is 10.9. The summed E-state index contributed by atoms with van der Waals surface area (Å²) in [5, 5.41) is 11.7. The van der Waals surface area contributed by atoms with E-state index >= 15 is 0 Å². The van der Waals surface area contributed by atoms with Crippen LogP contribution in [-0.4, -0.2) is 28.9 Å². The van der Waals surface area contributed by atoms with Crippen LogP contribution in [0.15, 0.2) is 18.2 Å². The SMILES string of the molecule is Cc1ccc(C(=O)N[C@@H](CCC(N)=O)C(=O)O)cc1Cl. The van der Waals surface area contributed by atoms with Gasteiger partial charge in [0.05, 0.1) is 0 Å². The van der Waals surface area contributed by atoms with Crippen LogP contribution < -0.4 is 11.1 Å². The molecule has 0 saturated heterocycles. The molecule has 7 heteroatoms. The number of aliphatic carboxylic acids is 1. The zero-order chi connectivity index (χ0) is 15.3. The number of carbonyl (C=O) groups is 3. The summed E-state index contributed by atoms with van der Waals surface area (Å²) in [5.41, 5.74) is 6.02. The maximum atomic E-state index is 11.9. The lowest BCUT2D eigenvalue weighted by Gasteiger charge is -2.14. The third kappa shape index (κ3) is 4.55. The fourth-order valence-corrected chi connectivity index (χ4v) is 1.70. The third-order valence-corrected chi connectivity index (χ3v) is 3.12. The summed E-state index contributed by atoms with van der Waals surface area (Å²) in [7, 11) is 0. The predicted octanol–water partition coefficient (Wildman–Crippen LogP) is 1.10. The number of hydrogen-bond donors (Lipinski definition) is 3. The van der Waals surface area contributed by atoms with Crippen LogP contribution in [0, 0.1) is 6.92 Å². The first-order valence-electron chi connectivity index (χ1n) is 5.89. The minimum Gasteiger partial charge on any atom is -0.480 e. The highest BCUT2D eigenvalue weighted by Crippen LogP contribution is 2.16.